The van der Waals surface area contributed by atoms with Crippen LogP contribution in [0.3, 0.4) is 0 Å². The molecule has 2 atom stereocenters. The van der Waals surface area contributed by atoms with Gasteiger partial charge < -0.3 is 10.1 Å². The highest BCUT2D eigenvalue weighted by Gasteiger charge is 2.30. The van der Waals surface area contributed by atoms with Gasteiger partial charge in [0.1, 0.15) is 5.69 Å². The molecule has 0 saturated heterocycles. The van der Waals surface area contributed by atoms with E-state index in [1.54, 1.807) is 7.05 Å². The number of anilines is 1. The van der Waals surface area contributed by atoms with Crippen molar-refractivity contribution in [2.45, 2.75) is 31.2 Å². The number of aromatic nitrogens is 2. The van der Waals surface area contributed by atoms with Crippen LogP contribution < -0.4 is 10.6 Å². The molecule has 0 radical (unpaired) electrons. The highest BCUT2D eigenvalue weighted by molar-refractivity contribution is 6.30. The van der Waals surface area contributed by atoms with Gasteiger partial charge in [0.05, 0.1) is 7.11 Å². The summed E-state index contributed by atoms with van der Waals surface area (Å²) in [5.41, 5.74) is 1.44. The molecule has 2 amide bonds. The number of rotatable bonds is 4. The van der Waals surface area contributed by atoms with Gasteiger partial charge in [-0.3, -0.25) is 10.00 Å². The van der Waals surface area contributed by atoms with Gasteiger partial charge >= 0.3 is 12.0 Å². The van der Waals surface area contributed by atoms with Gasteiger partial charge in [0, 0.05) is 30.1 Å². The Morgan fingerprint density at radius 3 is 2.69 bits per heavy atom. The number of hydrogen-bond donors (Lipinski definition) is 2. The molecule has 1 heterocycles. The average molecular weight is 377 g/mol. The molecule has 2 N–H and O–H groups in total. The van der Waals surface area contributed by atoms with E-state index in [-0.39, 0.29) is 23.7 Å². The van der Waals surface area contributed by atoms with E-state index in [4.69, 9.17) is 11.6 Å². The van der Waals surface area contributed by atoms with E-state index in [0.29, 0.717) is 10.8 Å². The Morgan fingerprint density at radius 2 is 2.00 bits per heavy atom. The van der Waals surface area contributed by atoms with Crippen molar-refractivity contribution in [3.8, 4) is 0 Å². The predicted octanol–water partition coefficient (Wildman–Crippen LogP) is 3.32. The molecule has 8 heteroatoms. The molecular formula is C18H21ClN4O3. The number of nitrogens with zero attached hydrogens (tertiary/aromatic N) is 2. The maximum atomic E-state index is 12.4. The van der Waals surface area contributed by atoms with Crippen molar-refractivity contribution in [1.29, 1.82) is 0 Å². The van der Waals surface area contributed by atoms with E-state index in [0.717, 1.165) is 19.3 Å². The van der Waals surface area contributed by atoms with Gasteiger partial charge in [-0.25, -0.2) is 9.59 Å². The molecule has 138 valence electrons. The van der Waals surface area contributed by atoms with Crippen LogP contribution >= 0.6 is 11.6 Å². The number of carbonyl (C=O) groups is 2. The molecule has 1 aliphatic carbocycles. The van der Waals surface area contributed by atoms with Crippen LogP contribution in [-0.2, 0) is 11.8 Å². The zero-order valence-corrected chi connectivity index (χ0v) is 15.4. The van der Waals surface area contributed by atoms with E-state index in [2.05, 4.69) is 20.5 Å². The maximum absolute atomic E-state index is 12.4. The molecule has 0 spiro atoms. The summed E-state index contributed by atoms with van der Waals surface area (Å²) >= 11 is 5.96. The van der Waals surface area contributed by atoms with Crippen molar-refractivity contribution >= 4 is 29.4 Å². The van der Waals surface area contributed by atoms with Crippen molar-refractivity contribution in [2.75, 3.05) is 12.4 Å². The van der Waals surface area contributed by atoms with E-state index in [1.165, 1.54) is 23.4 Å². The smallest absolute Gasteiger partial charge is 0.356 e. The quantitative estimate of drug-likeness (QED) is 0.801. The van der Waals surface area contributed by atoms with Gasteiger partial charge in [-0.15, -0.1) is 0 Å². The van der Waals surface area contributed by atoms with E-state index in [1.807, 2.05) is 24.3 Å². The number of carbonyl (C=O) groups excluding carboxylic acids is 2. The fourth-order valence-electron chi connectivity index (χ4n) is 3.39. The topological polar surface area (TPSA) is 85.2 Å². The van der Waals surface area contributed by atoms with Crippen LogP contribution in [0.15, 0.2) is 30.3 Å². The lowest BCUT2D eigenvalue weighted by Gasteiger charge is -2.21. The van der Waals surface area contributed by atoms with Crippen LogP contribution in [-0.4, -0.2) is 34.9 Å². The number of esters is 1. The summed E-state index contributed by atoms with van der Waals surface area (Å²) in [6, 6.07) is 8.93. The largest absolute Gasteiger partial charge is 0.464 e. The second-order valence-corrected chi connectivity index (χ2v) is 6.76. The fraction of sp³-hybridized carbons (Fsp3) is 0.389. The second kappa shape index (κ2) is 7.78. The van der Waals surface area contributed by atoms with Gasteiger partial charge in [0.25, 0.3) is 0 Å². The number of methoxy groups -OCH3 is 1. The average Bonchev–Trinajstić information content (AvgIpc) is 3.21. The lowest BCUT2D eigenvalue weighted by Crippen LogP contribution is -2.39. The first kappa shape index (κ1) is 18.3. The Kier molecular flexibility index (Phi) is 5.46. The Bertz CT molecular complexity index is 803. The van der Waals surface area contributed by atoms with Crippen LogP contribution in [0.1, 0.15) is 41.2 Å². The lowest BCUT2D eigenvalue weighted by atomic mass is 9.94. The summed E-state index contributed by atoms with van der Waals surface area (Å²) in [5.74, 6) is 0.0471. The summed E-state index contributed by atoms with van der Waals surface area (Å²) in [5, 5.41) is 10.5. The van der Waals surface area contributed by atoms with Gasteiger partial charge in [0.2, 0.25) is 0 Å². The van der Waals surface area contributed by atoms with Crippen LogP contribution in [0, 0.1) is 0 Å². The minimum atomic E-state index is -0.507. The SMILES string of the molecule is COC(=O)c1cc(NC(=O)NC2CCCC2c2ccc(Cl)cc2)nn1C. The van der Waals surface area contributed by atoms with Gasteiger partial charge in [-0.05, 0) is 30.5 Å². The first-order valence-electron chi connectivity index (χ1n) is 8.43. The second-order valence-electron chi connectivity index (χ2n) is 6.32. The number of nitrogens with one attached hydrogen (secondary N) is 2. The Balaban J connectivity index is 1.64. The molecule has 0 aliphatic heterocycles. The molecule has 1 aromatic heterocycles. The minimum Gasteiger partial charge on any atom is -0.464 e. The molecule has 1 aromatic carbocycles. The lowest BCUT2D eigenvalue weighted by molar-refractivity contribution is 0.0588. The number of halogens is 1. The summed E-state index contributed by atoms with van der Waals surface area (Å²) < 4.78 is 6.05. The number of hydrogen-bond acceptors (Lipinski definition) is 4. The summed E-state index contributed by atoms with van der Waals surface area (Å²) in [6.07, 6.45) is 2.98. The highest BCUT2D eigenvalue weighted by Crippen LogP contribution is 2.35. The summed E-state index contributed by atoms with van der Waals surface area (Å²) in [4.78, 5) is 24.0. The molecule has 2 unspecified atom stereocenters. The van der Waals surface area contributed by atoms with Crippen LogP contribution in [0.4, 0.5) is 10.6 Å². The normalized spacial score (nSPS) is 19.2. The van der Waals surface area contributed by atoms with Crippen molar-refractivity contribution in [3.63, 3.8) is 0 Å². The third-order valence-electron chi connectivity index (χ3n) is 4.65. The molecular weight excluding hydrogens is 356 g/mol. The van der Waals surface area contributed by atoms with E-state index >= 15 is 0 Å². The number of ether oxygens (including phenoxy) is 1. The standard InChI is InChI=1S/C18H21ClN4O3/c1-23-15(17(24)26-2)10-16(22-23)21-18(25)20-14-5-3-4-13(14)11-6-8-12(19)9-7-11/h6-10,13-14H,3-5H2,1-2H3,(H2,20,21,22,25). The van der Waals surface area contributed by atoms with Gasteiger partial charge in [0.15, 0.2) is 5.82 Å². The molecule has 26 heavy (non-hydrogen) atoms. The molecule has 0 bridgehead atoms. The molecule has 2 aromatic rings. The first-order chi connectivity index (χ1) is 12.5. The molecule has 7 nitrogen and oxygen atoms in total. The van der Waals surface area contributed by atoms with E-state index < -0.39 is 5.97 Å². The van der Waals surface area contributed by atoms with E-state index in [9.17, 15) is 9.59 Å². The molecule has 1 aliphatic rings. The zero-order valence-electron chi connectivity index (χ0n) is 14.7. The van der Waals surface area contributed by atoms with Gasteiger partial charge in [-0.1, -0.05) is 30.2 Å². The number of benzene rings is 1. The Hall–Kier alpha value is -2.54. The Labute approximate surface area is 156 Å². The monoisotopic (exact) mass is 376 g/mol. The third kappa shape index (κ3) is 3.99. The van der Waals surface area contributed by atoms with Gasteiger partial charge in [-0.2, -0.15) is 5.10 Å². The van der Waals surface area contributed by atoms with Crippen LogP contribution in [0.2, 0.25) is 5.02 Å². The first-order valence-corrected chi connectivity index (χ1v) is 8.81. The number of aryl methyl sites for hydroxylation is 1. The predicted molar refractivity (Wildman–Crippen MR) is 98.5 cm³/mol. The summed E-state index contributed by atoms with van der Waals surface area (Å²) in [7, 11) is 2.91. The molecule has 3 rings (SSSR count). The maximum Gasteiger partial charge on any atom is 0.356 e. The molecule has 1 fully saturated rings. The van der Waals surface area contributed by atoms with Crippen molar-refractivity contribution in [2.24, 2.45) is 7.05 Å². The fourth-order valence-corrected chi connectivity index (χ4v) is 3.51. The number of amides is 2. The minimum absolute atomic E-state index is 0.0416. The van der Waals surface area contributed by atoms with Crippen molar-refractivity contribution in [3.05, 3.63) is 46.6 Å². The zero-order chi connectivity index (χ0) is 18.7. The third-order valence-corrected chi connectivity index (χ3v) is 4.90. The highest BCUT2D eigenvalue weighted by atomic mass is 35.5. The van der Waals surface area contributed by atoms with Crippen LogP contribution in [0.5, 0.6) is 0 Å². The van der Waals surface area contributed by atoms with Crippen molar-refractivity contribution < 1.29 is 14.3 Å². The Morgan fingerprint density at radius 1 is 1.27 bits per heavy atom. The molecule has 1 saturated carbocycles. The van der Waals surface area contributed by atoms with Crippen LogP contribution in [0.25, 0.3) is 0 Å². The van der Waals surface area contributed by atoms with Crippen molar-refractivity contribution in [1.82, 2.24) is 15.1 Å². The summed E-state index contributed by atoms with van der Waals surface area (Å²) in [6.45, 7) is 0. The number of urea groups is 1.